The Morgan fingerprint density at radius 1 is 1.19 bits per heavy atom. The second-order valence-corrected chi connectivity index (χ2v) is 7.87. The Kier molecular flexibility index (Phi) is 6.03. The van der Waals surface area contributed by atoms with Crippen LogP contribution in [0, 0.1) is 11.8 Å². The predicted molar refractivity (Wildman–Crippen MR) is 104 cm³/mol. The fourth-order valence-electron chi connectivity index (χ4n) is 2.90. The van der Waals surface area contributed by atoms with Crippen molar-refractivity contribution in [2.24, 2.45) is 11.8 Å². The Balaban J connectivity index is 2.56. The van der Waals surface area contributed by atoms with Gasteiger partial charge in [0.25, 0.3) is 11.5 Å². The van der Waals surface area contributed by atoms with E-state index in [0.29, 0.717) is 17.3 Å². The topological polar surface area (TPSA) is 101 Å². The van der Waals surface area contributed by atoms with Crippen LogP contribution >= 0.6 is 0 Å². The zero-order valence-electron chi connectivity index (χ0n) is 16.4. The molecule has 2 rings (SSSR count). The van der Waals surface area contributed by atoms with E-state index in [2.05, 4.69) is 10.4 Å². The van der Waals surface area contributed by atoms with Crippen LogP contribution in [-0.4, -0.2) is 32.3 Å². The van der Waals surface area contributed by atoms with Crippen LogP contribution in [0.1, 0.15) is 51.5 Å². The molecule has 0 aliphatic carbocycles. The number of carboxylic acid groups (broad SMARTS) is 1. The van der Waals surface area contributed by atoms with Crippen molar-refractivity contribution < 1.29 is 14.7 Å². The van der Waals surface area contributed by atoms with Crippen molar-refractivity contribution in [3.8, 4) is 0 Å². The summed E-state index contributed by atoms with van der Waals surface area (Å²) in [6.45, 7) is 9.73. The van der Waals surface area contributed by atoms with Crippen molar-refractivity contribution in [1.29, 1.82) is 0 Å². The van der Waals surface area contributed by atoms with Crippen molar-refractivity contribution in [3.05, 3.63) is 40.3 Å². The summed E-state index contributed by atoms with van der Waals surface area (Å²) >= 11 is 0. The van der Waals surface area contributed by atoms with Crippen LogP contribution in [0.15, 0.2) is 29.1 Å². The van der Waals surface area contributed by atoms with E-state index in [0.717, 1.165) is 0 Å². The zero-order valence-corrected chi connectivity index (χ0v) is 16.4. The van der Waals surface area contributed by atoms with Crippen molar-refractivity contribution >= 4 is 22.6 Å². The maximum atomic E-state index is 13.0. The van der Waals surface area contributed by atoms with Gasteiger partial charge in [0.2, 0.25) is 0 Å². The predicted octanol–water partition coefficient (Wildman–Crippen LogP) is 2.67. The highest BCUT2D eigenvalue weighted by Crippen LogP contribution is 2.22. The van der Waals surface area contributed by atoms with E-state index in [1.165, 1.54) is 4.68 Å². The SMILES string of the molecule is CC(C)Cn1nc(C(=O)NC(C)(CC(=O)O)C(C)C)c2ccccc2c1=O. The molecule has 1 aromatic heterocycles. The zero-order chi connectivity index (χ0) is 20.4. The molecule has 1 amide bonds. The fourth-order valence-corrected chi connectivity index (χ4v) is 2.90. The first-order chi connectivity index (χ1) is 12.5. The summed E-state index contributed by atoms with van der Waals surface area (Å²) in [6.07, 6.45) is -0.208. The number of hydrogen-bond donors (Lipinski definition) is 2. The van der Waals surface area contributed by atoms with Gasteiger partial charge in [0.05, 0.1) is 17.3 Å². The molecule has 0 saturated carbocycles. The van der Waals surface area contributed by atoms with Crippen LogP contribution in [0.3, 0.4) is 0 Å². The smallest absolute Gasteiger partial charge is 0.305 e. The normalized spacial score (nSPS) is 13.7. The molecule has 0 aliphatic heterocycles. The van der Waals surface area contributed by atoms with Gasteiger partial charge in [-0.3, -0.25) is 14.4 Å². The van der Waals surface area contributed by atoms with Gasteiger partial charge in [-0.05, 0) is 24.8 Å². The van der Waals surface area contributed by atoms with Crippen LogP contribution in [0.5, 0.6) is 0 Å². The van der Waals surface area contributed by atoms with E-state index in [-0.39, 0.29) is 29.5 Å². The number of carboxylic acids is 1. The minimum Gasteiger partial charge on any atom is -0.481 e. The summed E-state index contributed by atoms with van der Waals surface area (Å²) in [5.74, 6) is -1.40. The number of aliphatic carboxylic acids is 1. The first-order valence-corrected chi connectivity index (χ1v) is 9.09. The lowest BCUT2D eigenvalue weighted by Gasteiger charge is -2.33. The molecule has 1 heterocycles. The number of nitrogens with one attached hydrogen (secondary N) is 1. The van der Waals surface area contributed by atoms with Gasteiger partial charge in [-0.2, -0.15) is 5.10 Å². The number of fused-ring (bicyclic) bond motifs is 1. The molecule has 2 aromatic rings. The number of aromatic nitrogens is 2. The number of nitrogens with zero attached hydrogens (tertiary/aromatic N) is 2. The van der Waals surface area contributed by atoms with Gasteiger partial charge in [0.1, 0.15) is 0 Å². The Morgan fingerprint density at radius 3 is 2.30 bits per heavy atom. The van der Waals surface area contributed by atoms with Gasteiger partial charge < -0.3 is 10.4 Å². The maximum Gasteiger partial charge on any atom is 0.305 e. The van der Waals surface area contributed by atoms with Crippen LogP contribution < -0.4 is 10.9 Å². The third-order valence-electron chi connectivity index (χ3n) is 4.81. The lowest BCUT2D eigenvalue weighted by Crippen LogP contribution is -2.51. The molecule has 1 unspecified atom stereocenters. The van der Waals surface area contributed by atoms with Crippen LogP contribution in [0.4, 0.5) is 0 Å². The lowest BCUT2D eigenvalue weighted by atomic mass is 9.85. The minimum absolute atomic E-state index is 0.106. The third-order valence-corrected chi connectivity index (χ3v) is 4.81. The monoisotopic (exact) mass is 373 g/mol. The fraction of sp³-hybridized carbons (Fsp3) is 0.500. The summed E-state index contributed by atoms with van der Waals surface area (Å²) in [5.41, 5.74) is -1.05. The van der Waals surface area contributed by atoms with Gasteiger partial charge in [-0.1, -0.05) is 45.9 Å². The molecule has 0 fully saturated rings. The van der Waals surface area contributed by atoms with E-state index in [1.807, 2.05) is 27.7 Å². The Hall–Kier alpha value is -2.70. The van der Waals surface area contributed by atoms with E-state index >= 15 is 0 Å². The highest BCUT2D eigenvalue weighted by Gasteiger charge is 2.34. The molecule has 2 N–H and O–H groups in total. The molecule has 1 atom stereocenters. The number of amides is 1. The molecule has 0 radical (unpaired) electrons. The van der Waals surface area contributed by atoms with Gasteiger partial charge in [-0.25, -0.2) is 4.68 Å². The molecule has 27 heavy (non-hydrogen) atoms. The van der Waals surface area contributed by atoms with Crippen molar-refractivity contribution in [1.82, 2.24) is 15.1 Å². The van der Waals surface area contributed by atoms with Gasteiger partial charge in [-0.15, -0.1) is 0 Å². The number of benzene rings is 1. The lowest BCUT2D eigenvalue weighted by molar-refractivity contribution is -0.138. The first-order valence-electron chi connectivity index (χ1n) is 9.09. The van der Waals surface area contributed by atoms with Crippen molar-refractivity contribution in [2.45, 2.75) is 53.1 Å². The van der Waals surface area contributed by atoms with Crippen molar-refractivity contribution in [2.75, 3.05) is 0 Å². The molecule has 0 spiro atoms. The Morgan fingerprint density at radius 2 is 1.78 bits per heavy atom. The average molecular weight is 373 g/mol. The molecule has 0 saturated heterocycles. The second-order valence-electron chi connectivity index (χ2n) is 7.87. The summed E-state index contributed by atoms with van der Waals surface area (Å²) in [6, 6.07) is 6.84. The maximum absolute atomic E-state index is 13.0. The number of hydrogen-bond acceptors (Lipinski definition) is 4. The summed E-state index contributed by atoms with van der Waals surface area (Å²) in [7, 11) is 0. The highest BCUT2D eigenvalue weighted by atomic mass is 16.4. The van der Waals surface area contributed by atoms with E-state index in [9.17, 15) is 19.5 Å². The molecule has 0 aliphatic rings. The molecule has 0 bridgehead atoms. The number of rotatable bonds is 7. The Bertz CT molecular complexity index is 917. The van der Waals surface area contributed by atoms with Crippen LogP contribution in [0.2, 0.25) is 0 Å². The summed E-state index contributed by atoms with van der Waals surface area (Å²) in [5, 5.41) is 17.2. The van der Waals surface area contributed by atoms with E-state index in [4.69, 9.17) is 0 Å². The molecule has 146 valence electrons. The van der Waals surface area contributed by atoms with E-state index < -0.39 is 17.4 Å². The van der Waals surface area contributed by atoms with Gasteiger partial charge in [0, 0.05) is 11.9 Å². The van der Waals surface area contributed by atoms with Crippen LogP contribution in [-0.2, 0) is 11.3 Å². The average Bonchev–Trinajstić information content (AvgIpc) is 2.56. The second kappa shape index (κ2) is 7.90. The van der Waals surface area contributed by atoms with Gasteiger partial charge in [0.15, 0.2) is 5.69 Å². The van der Waals surface area contributed by atoms with Crippen molar-refractivity contribution in [3.63, 3.8) is 0 Å². The molecule has 7 heteroatoms. The largest absolute Gasteiger partial charge is 0.481 e. The third kappa shape index (κ3) is 4.53. The standard InChI is InChI=1S/C20H27N3O4/c1-12(2)11-23-19(27)15-9-7-6-8-14(15)17(22-23)18(26)21-20(5,13(3)4)10-16(24)25/h6-9,12-13H,10-11H2,1-5H3,(H,21,26)(H,24,25). The quantitative estimate of drug-likeness (QED) is 0.777. The first kappa shape index (κ1) is 20.6. The minimum atomic E-state index is -0.992. The molecular formula is C20H27N3O4. The number of carbonyl (C=O) groups is 2. The molecule has 1 aromatic carbocycles. The van der Waals surface area contributed by atoms with Crippen LogP contribution in [0.25, 0.3) is 10.8 Å². The molecular weight excluding hydrogens is 346 g/mol. The highest BCUT2D eigenvalue weighted by molar-refractivity contribution is 6.05. The summed E-state index contributed by atoms with van der Waals surface area (Å²) < 4.78 is 1.31. The van der Waals surface area contributed by atoms with E-state index in [1.54, 1.807) is 31.2 Å². The summed E-state index contributed by atoms with van der Waals surface area (Å²) in [4.78, 5) is 37.0. The number of carbonyl (C=O) groups excluding carboxylic acids is 1. The Labute approximate surface area is 158 Å². The van der Waals surface area contributed by atoms with Gasteiger partial charge >= 0.3 is 5.97 Å². The molecule has 7 nitrogen and oxygen atoms in total.